The van der Waals surface area contributed by atoms with Gasteiger partial charge in [-0.25, -0.2) is 0 Å². The third-order valence-electron chi connectivity index (χ3n) is 1.47. The molecule has 0 aliphatic carbocycles. The second-order valence-corrected chi connectivity index (χ2v) is 4.70. The van der Waals surface area contributed by atoms with E-state index < -0.39 is 11.4 Å². The fraction of sp³-hybridized carbons (Fsp3) is 0.500. The minimum atomic E-state index is -0.812. The Morgan fingerprint density at radius 1 is 1.77 bits per heavy atom. The minimum absolute atomic E-state index is 0.436. The van der Waals surface area contributed by atoms with Crippen molar-refractivity contribution in [1.82, 2.24) is 10.2 Å². The number of hydrogen-bond acceptors (Lipinski definition) is 5. The molecule has 7 heteroatoms. The molecule has 0 unspecified atom stereocenters. The predicted octanol–water partition coefficient (Wildman–Crippen LogP) is 0.876. The highest BCUT2D eigenvalue weighted by atomic mass is 32.1. The highest BCUT2D eigenvalue weighted by molar-refractivity contribution is 7.73. The summed E-state index contributed by atoms with van der Waals surface area (Å²) in [5, 5.41) is 9.89. The molecule has 1 aromatic rings. The van der Waals surface area contributed by atoms with Gasteiger partial charge in [-0.2, -0.15) is 0 Å². The largest absolute Gasteiger partial charge is 0.368 e. The van der Waals surface area contributed by atoms with E-state index in [2.05, 4.69) is 15.5 Å². The number of nitrogens with two attached hydrogens (primary N) is 1. The van der Waals surface area contributed by atoms with Crippen LogP contribution in [-0.4, -0.2) is 21.6 Å². The number of rotatable bonds is 3. The molecular weight excluding hydrogens is 208 g/mol. The van der Waals surface area contributed by atoms with Crippen LogP contribution in [0.25, 0.3) is 0 Å². The molecule has 0 saturated carbocycles. The van der Waals surface area contributed by atoms with E-state index in [1.807, 2.05) is 0 Å². The molecule has 1 rings (SSSR count). The maximum Gasteiger partial charge on any atom is 0.242 e. The van der Waals surface area contributed by atoms with E-state index in [0.29, 0.717) is 9.09 Å². The Labute approximate surface area is 84.3 Å². The van der Waals surface area contributed by atoms with Crippen LogP contribution in [0.3, 0.4) is 0 Å². The first kappa shape index (κ1) is 10.1. The van der Waals surface area contributed by atoms with E-state index in [0.717, 1.165) is 0 Å². The lowest BCUT2D eigenvalue weighted by Gasteiger charge is -2.20. The van der Waals surface area contributed by atoms with Gasteiger partial charge in [-0.3, -0.25) is 9.89 Å². The summed E-state index contributed by atoms with van der Waals surface area (Å²) < 4.78 is 0.558. The molecule has 1 amide bonds. The summed E-state index contributed by atoms with van der Waals surface area (Å²) in [6.45, 7) is 3.36. The Morgan fingerprint density at radius 2 is 2.38 bits per heavy atom. The number of primary amides is 1. The van der Waals surface area contributed by atoms with Crippen molar-refractivity contribution >= 4 is 34.6 Å². The molecule has 1 aromatic heterocycles. The van der Waals surface area contributed by atoms with Gasteiger partial charge in [0.25, 0.3) is 0 Å². The van der Waals surface area contributed by atoms with Crippen molar-refractivity contribution in [2.75, 3.05) is 5.32 Å². The lowest BCUT2D eigenvalue weighted by Crippen LogP contribution is -2.44. The van der Waals surface area contributed by atoms with Crippen LogP contribution in [0.5, 0.6) is 0 Å². The molecular formula is C6H10N4OS2. The summed E-state index contributed by atoms with van der Waals surface area (Å²) in [4.78, 5) is 10.9. The molecule has 0 fully saturated rings. The van der Waals surface area contributed by atoms with Crippen LogP contribution in [0, 0.1) is 3.95 Å². The van der Waals surface area contributed by atoms with Crippen molar-refractivity contribution in [3.8, 4) is 0 Å². The average Bonchev–Trinajstić information content (AvgIpc) is 2.34. The Morgan fingerprint density at radius 3 is 2.77 bits per heavy atom. The Kier molecular flexibility index (Phi) is 2.67. The third-order valence-corrected chi connectivity index (χ3v) is 2.48. The van der Waals surface area contributed by atoms with Crippen LogP contribution in [0.1, 0.15) is 13.8 Å². The number of anilines is 1. The number of hydrogen-bond donors (Lipinski definition) is 3. The van der Waals surface area contributed by atoms with Crippen LogP contribution >= 0.6 is 23.6 Å². The fourth-order valence-electron chi connectivity index (χ4n) is 0.612. The van der Waals surface area contributed by atoms with Crippen molar-refractivity contribution in [2.24, 2.45) is 5.73 Å². The number of carbonyl (C=O) groups excluding carboxylic acids is 1. The van der Waals surface area contributed by atoms with Crippen molar-refractivity contribution in [3.63, 3.8) is 0 Å². The second kappa shape index (κ2) is 3.43. The summed E-state index contributed by atoms with van der Waals surface area (Å²) in [6.07, 6.45) is 0. The zero-order valence-electron chi connectivity index (χ0n) is 7.25. The van der Waals surface area contributed by atoms with Gasteiger partial charge in [-0.05, 0) is 26.1 Å². The Bertz CT molecular complexity index is 367. The van der Waals surface area contributed by atoms with Crippen LogP contribution in [-0.2, 0) is 4.79 Å². The smallest absolute Gasteiger partial charge is 0.242 e. The average molecular weight is 218 g/mol. The molecule has 0 spiro atoms. The van der Waals surface area contributed by atoms with Gasteiger partial charge in [-0.15, -0.1) is 5.10 Å². The monoisotopic (exact) mass is 218 g/mol. The van der Waals surface area contributed by atoms with Crippen LogP contribution in [0.15, 0.2) is 0 Å². The quantitative estimate of drug-likeness (QED) is 0.657. The molecule has 0 atom stereocenters. The first-order valence-electron chi connectivity index (χ1n) is 3.55. The first-order valence-corrected chi connectivity index (χ1v) is 4.78. The van der Waals surface area contributed by atoms with Gasteiger partial charge in [-0.1, -0.05) is 11.3 Å². The maximum absolute atomic E-state index is 10.9. The summed E-state index contributed by atoms with van der Waals surface area (Å²) in [5.74, 6) is -0.436. The molecule has 0 radical (unpaired) electrons. The van der Waals surface area contributed by atoms with Crippen LogP contribution < -0.4 is 11.1 Å². The van der Waals surface area contributed by atoms with Gasteiger partial charge in [0.05, 0.1) is 0 Å². The molecule has 13 heavy (non-hydrogen) atoms. The molecule has 4 N–H and O–H groups in total. The van der Waals surface area contributed by atoms with Gasteiger partial charge in [0.2, 0.25) is 11.0 Å². The van der Waals surface area contributed by atoms with Gasteiger partial charge in [0.15, 0.2) is 3.95 Å². The molecule has 72 valence electrons. The van der Waals surface area contributed by atoms with E-state index in [1.54, 1.807) is 13.8 Å². The number of amides is 1. The molecule has 1 heterocycles. The van der Waals surface area contributed by atoms with Crippen LogP contribution in [0.2, 0.25) is 0 Å². The summed E-state index contributed by atoms with van der Waals surface area (Å²) in [5.41, 5.74) is 4.35. The second-order valence-electron chi connectivity index (χ2n) is 3.03. The number of aromatic amines is 1. The standard InChI is InChI=1S/C6H10N4OS2/c1-6(2,3(7)11)8-4-9-10-5(12)13-4/h1-2H3,(H2,7,11)(H,8,9)(H,10,12). The maximum atomic E-state index is 10.9. The molecule has 0 bridgehead atoms. The summed E-state index contributed by atoms with van der Waals surface area (Å²) in [7, 11) is 0. The van der Waals surface area contributed by atoms with E-state index in [1.165, 1.54) is 11.3 Å². The number of nitrogens with zero attached hydrogens (tertiary/aromatic N) is 1. The topological polar surface area (TPSA) is 83.8 Å². The zero-order chi connectivity index (χ0) is 10.1. The van der Waals surface area contributed by atoms with E-state index in [4.69, 9.17) is 18.0 Å². The lowest BCUT2D eigenvalue weighted by atomic mass is 10.1. The van der Waals surface area contributed by atoms with E-state index in [9.17, 15) is 4.79 Å². The minimum Gasteiger partial charge on any atom is -0.368 e. The molecule has 0 saturated heterocycles. The summed E-state index contributed by atoms with van der Waals surface area (Å²) >= 11 is 6.09. The Balaban J connectivity index is 2.80. The molecule has 0 aliphatic rings. The molecule has 0 aliphatic heterocycles. The SMILES string of the molecule is CC(C)(Nc1n[nH]c(=S)s1)C(N)=O. The molecule has 0 aromatic carbocycles. The highest BCUT2D eigenvalue weighted by Gasteiger charge is 2.25. The fourth-order valence-corrected chi connectivity index (χ4v) is 1.56. The van der Waals surface area contributed by atoms with E-state index >= 15 is 0 Å². The van der Waals surface area contributed by atoms with Gasteiger partial charge in [0, 0.05) is 0 Å². The number of H-pyrrole nitrogens is 1. The van der Waals surface area contributed by atoms with E-state index in [-0.39, 0.29) is 0 Å². The number of carbonyl (C=O) groups is 1. The lowest BCUT2D eigenvalue weighted by molar-refractivity contribution is -0.121. The highest BCUT2D eigenvalue weighted by Crippen LogP contribution is 2.16. The van der Waals surface area contributed by atoms with Crippen molar-refractivity contribution in [1.29, 1.82) is 0 Å². The van der Waals surface area contributed by atoms with Crippen LogP contribution in [0.4, 0.5) is 5.13 Å². The molecule has 5 nitrogen and oxygen atoms in total. The van der Waals surface area contributed by atoms with Crippen molar-refractivity contribution in [2.45, 2.75) is 19.4 Å². The normalized spacial score (nSPS) is 11.2. The number of aromatic nitrogens is 2. The van der Waals surface area contributed by atoms with Crippen molar-refractivity contribution < 1.29 is 4.79 Å². The predicted molar refractivity (Wildman–Crippen MR) is 54.2 cm³/mol. The zero-order valence-corrected chi connectivity index (χ0v) is 8.88. The summed E-state index contributed by atoms with van der Waals surface area (Å²) in [6, 6.07) is 0. The first-order chi connectivity index (χ1) is 5.92. The Hall–Kier alpha value is -0.950. The van der Waals surface area contributed by atoms with Crippen molar-refractivity contribution in [3.05, 3.63) is 3.95 Å². The van der Waals surface area contributed by atoms with Gasteiger partial charge in [0.1, 0.15) is 5.54 Å². The van der Waals surface area contributed by atoms with Gasteiger partial charge < -0.3 is 11.1 Å². The van der Waals surface area contributed by atoms with Gasteiger partial charge >= 0.3 is 0 Å². The number of nitrogens with one attached hydrogen (secondary N) is 2. The third kappa shape index (κ3) is 2.49.